The van der Waals surface area contributed by atoms with Gasteiger partial charge in [0.15, 0.2) is 0 Å². The summed E-state index contributed by atoms with van der Waals surface area (Å²) >= 11 is 0. The van der Waals surface area contributed by atoms with Gasteiger partial charge in [0.25, 0.3) is 0 Å². The Hall–Kier alpha value is -2.38. The molecule has 0 bridgehead atoms. The van der Waals surface area contributed by atoms with Gasteiger partial charge < -0.3 is 15.7 Å². The van der Waals surface area contributed by atoms with E-state index in [2.05, 4.69) is 15.6 Å². The van der Waals surface area contributed by atoms with E-state index >= 15 is 0 Å². The Morgan fingerprint density at radius 3 is 2.60 bits per heavy atom. The van der Waals surface area contributed by atoms with Crippen molar-refractivity contribution in [3.05, 3.63) is 53.7 Å². The maximum atomic E-state index is 13.8. The molecule has 3 N–H and O–H groups in total. The molecule has 1 aliphatic heterocycles. The number of hydrogen-bond acceptors (Lipinski definition) is 4. The molecular weight excluding hydrogens is 328 g/mol. The Bertz CT molecular complexity index is 747. The van der Waals surface area contributed by atoms with E-state index in [0.717, 1.165) is 0 Å². The van der Waals surface area contributed by atoms with Gasteiger partial charge in [0.2, 0.25) is 5.91 Å². The van der Waals surface area contributed by atoms with Crippen molar-refractivity contribution in [3.63, 3.8) is 0 Å². The molecule has 0 unspecified atom stereocenters. The predicted molar refractivity (Wildman–Crippen MR) is 88.6 cm³/mol. The molecule has 1 fully saturated rings. The number of nitrogens with zero attached hydrogens (tertiary/aromatic N) is 1. The van der Waals surface area contributed by atoms with Crippen LogP contribution >= 0.6 is 0 Å². The van der Waals surface area contributed by atoms with Gasteiger partial charge in [-0.2, -0.15) is 0 Å². The predicted octanol–water partition coefficient (Wildman–Crippen LogP) is 1.93. The van der Waals surface area contributed by atoms with Gasteiger partial charge in [-0.25, -0.2) is 8.78 Å². The number of aromatic nitrogens is 1. The van der Waals surface area contributed by atoms with Gasteiger partial charge in [-0.1, -0.05) is 12.1 Å². The molecule has 0 spiro atoms. The first-order valence-corrected chi connectivity index (χ1v) is 8.08. The second kappa shape index (κ2) is 7.25. The van der Waals surface area contributed by atoms with Crippen LogP contribution in [0.15, 0.2) is 36.5 Å². The highest BCUT2D eigenvalue weighted by Gasteiger charge is 2.28. The van der Waals surface area contributed by atoms with Crippen LogP contribution in [0.3, 0.4) is 0 Å². The minimum absolute atomic E-state index is 0.171. The average Bonchev–Trinajstić information content (AvgIpc) is 3.02. The molecule has 0 radical (unpaired) electrons. The minimum Gasteiger partial charge on any atom is -0.392 e. The first kappa shape index (κ1) is 17.4. The van der Waals surface area contributed by atoms with Gasteiger partial charge in [0.1, 0.15) is 11.6 Å². The lowest BCUT2D eigenvalue weighted by Gasteiger charge is -2.17. The molecule has 7 heteroatoms. The largest absolute Gasteiger partial charge is 0.392 e. The Labute approximate surface area is 144 Å². The van der Waals surface area contributed by atoms with Crippen molar-refractivity contribution >= 4 is 5.91 Å². The van der Waals surface area contributed by atoms with Crippen LogP contribution in [0.1, 0.15) is 24.9 Å². The molecule has 1 aromatic carbocycles. The van der Waals surface area contributed by atoms with Gasteiger partial charge >= 0.3 is 0 Å². The molecule has 5 nitrogen and oxygen atoms in total. The molecule has 3 atom stereocenters. The smallest absolute Gasteiger partial charge is 0.237 e. The Morgan fingerprint density at radius 2 is 2.04 bits per heavy atom. The van der Waals surface area contributed by atoms with Crippen LogP contribution in [0.25, 0.3) is 11.3 Å². The number of aliphatic hydroxyl groups excluding tert-OH is 1. The van der Waals surface area contributed by atoms with Gasteiger partial charge in [0.05, 0.1) is 29.4 Å². The normalized spacial score (nSPS) is 21.1. The average molecular weight is 347 g/mol. The number of β-amino-alcohol motifs (C(OH)–C–C–N with tert-alkyl or cyclic N) is 1. The van der Waals surface area contributed by atoms with Gasteiger partial charge in [-0.05, 0) is 37.1 Å². The number of carbonyl (C=O) groups excluding carboxylic acids is 1. The summed E-state index contributed by atoms with van der Waals surface area (Å²) in [5, 5.41) is 15.3. The number of rotatable bonds is 4. The van der Waals surface area contributed by atoms with E-state index in [1.165, 1.54) is 30.5 Å². The minimum atomic E-state index is -0.674. The molecule has 1 saturated heterocycles. The van der Waals surface area contributed by atoms with E-state index in [1.54, 1.807) is 13.0 Å². The monoisotopic (exact) mass is 347 g/mol. The summed E-state index contributed by atoms with van der Waals surface area (Å²) in [4.78, 5) is 16.3. The maximum absolute atomic E-state index is 13.8. The molecular formula is C18H19F2N3O2. The summed E-state index contributed by atoms with van der Waals surface area (Å²) in [6, 6.07) is 6.12. The third-order valence-corrected chi connectivity index (χ3v) is 4.29. The number of hydrogen-bond donors (Lipinski definition) is 3. The number of carbonyl (C=O) groups is 1. The number of aliphatic hydroxyl groups is 1. The molecule has 1 aromatic heterocycles. The molecule has 25 heavy (non-hydrogen) atoms. The van der Waals surface area contributed by atoms with Crippen LogP contribution in [-0.4, -0.2) is 34.7 Å². The van der Waals surface area contributed by atoms with Gasteiger partial charge in [-0.3, -0.25) is 9.78 Å². The Kier molecular flexibility index (Phi) is 5.06. The zero-order valence-electron chi connectivity index (χ0n) is 13.7. The van der Waals surface area contributed by atoms with E-state index in [0.29, 0.717) is 18.5 Å². The van der Waals surface area contributed by atoms with Crippen molar-refractivity contribution in [1.29, 1.82) is 0 Å². The maximum Gasteiger partial charge on any atom is 0.237 e. The molecule has 2 heterocycles. The highest BCUT2D eigenvalue weighted by Crippen LogP contribution is 2.25. The second-order valence-corrected chi connectivity index (χ2v) is 6.15. The standard InChI is InChI=1S/C18H19F2N3O2/c1-10(23-18(25)16-7-12(24)9-22-16)11-5-6-15(21-8-11)17-13(19)3-2-4-14(17)20/h2-6,8,10,12,16,22,24H,7,9H2,1H3,(H,23,25)/t10-,12+,16-/m0/s1. The second-order valence-electron chi connectivity index (χ2n) is 6.15. The topological polar surface area (TPSA) is 74.2 Å². The summed E-state index contributed by atoms with van der Waals surface area (Å²) in [6.45, 7) is 2.20. The third kappa shape index (κ3) is 3.83. The van der Waals surface area contributed by atoms with E-state index in [9.17, 15) is 18.7 Å². The van der Waals surface area contributed by atoms with Crippen molar-refractivity contribution in [2.24, 2.45) is 0 Å². The Morgan fingerprint density at radius 1 is 1.32 bits per heavy atom. The van der Waals surface area contributed by atoms with E-state index in [4.69, 9.17) is 0 Å². The van der Waals surface area contributed by atoms with E-state index in [1.807, 2.05) is 0 Å². The summed E-state index contributed by atoms with van der Waals surface area (Å²) in [7, 11) is 0. The molecule has 132 valence electrons. The first-order chi connectivity index (χ1) is 12.0. The third-order valence-electron chi connectivity index (χ3n) is 4.29. The lowest BCUT2D eigenvalue weighted by Crippen LogP contribution is -2.41. The van der Waals surface area contributed by atoms with Gasteiger partial charge in [-0.15, -0.1) is 0 Å². The van der Waals surface area contributed by atoms with Crippen LogP contribution in [0.2, 0.25) is 0 Å². The van der Waals surface area contributed by atoms with Crippen LogP contribution in [0, 0.1) is 11.6 Å². The highest BCUT2D eigenvalue weighted by molar-refractivity contribution is 5.82. The molecule has 1 aliphatic rings. The molecule has 0 saturated carbocycles. The van der Waals surface area contributed by atoms with Crippen LogP contribution in [0.4, 0.5) is 8.78 Å². The Balaban J connectivity index is 1.70. The zero-order valence-corrected chi connectivity index (χ0v) is 13.7. The fourth-order valence-corrected chi connectivity index (χ4v) is 2.87. The van der Waals surface area contributed by atoms with Crippen molar-refractivity contribution < 1.29 is 18.7 Å². The van der Waals surface area contributed by atoms with Gasteiger partial charge in [0, 0.05) is 12.7 Å². The first-order valence-electron chi connectivity index (χ1n) is 8.08. The number of benzene rings is 1. The summed E-state index contributed by atoms with van der Waals surface area (Å²) in [6.07, 6.45) is 1.36. The summed E-state index contributed by atoms with van der Waals surface area (Å²) < 4.78 is 27.6. The van der Waals surface area contributed by atoms with Crippen molar-refractivity contribution in [2.75, 3.05) is 6.54 Å². The molecule has 3 rings (SSSR count). The van der Waals surface area contributed by atoms with Crippen molar-refractivity contribution in [1.82, 2.24) is 15.6 Å². The fourth-order valence-electron chi connectivity index (χ4n) is 2.87. The highest BCUT2D eigenvalue weighted by atomic mass is 19.1. The number of halogens is 2. The van der Waals surface area contributed by atoms with Crippen LogP contribution < -0.4 is 10.6 Å². The van der Waals surface area contributed by atoms with Crippen LogP contribution in [0.5, 0.6) is 0 Å². The SMILES string of the molecule is C[C@H](NC(=O)[C@@H]1C[C@@H](O)CN1)c1ccc(-c2c(F)cccc2F)nc1. The van der Waals surface area contributed by atoms with Crippen molar-refractivity contribution in [3.8, 4) is 11.3 Å². The quantitative estimate of drug-likeness (QED) is 0.790. The molecule has 2 aromatic rings. The number of amides is 1. The summed E-state index contributed by atoms with van der Waals surface area (Å²) in [5.74, 6) is -1.55. The lowest BCUT2D eigenvalue weighted by molar-refractivity contribution is -0.123. The van der Waals surface area contributed by atoms with E-state index in [-0.39, 0.29) is 23.2 Å². The number of nitrogens with one attached hydrogen (secondary N) is 2. The molecule has 1 amide bonds. The molecule has 0 aliphatic carbocycles. The van der Waals surface area contributed by atoms with Crippen LogP contribution in [-0.2, 0) is 4.79 Å². The summed E-state index contributed by atoms with van der Waals surface area (Å²) in [5.41, 5.74) is 0.737. The zero-order chi connectivity index (χ0) is 18.0. The number of pyridine rings is 1. The lowest BCUT2D eigenvalue weighted by atomic mass is 10.1. The van der Waals surface area contributed by atoms with Crippen molar-refractivity contribution in [2.45, 2.75) is 31.5 Å². The van der Waals surface area contributed by atoms with E-state index < -0.39 is 23.8 Å². The fraction of sp³-hybridized carbons (Fsp3) is 0.333.